The van der Waals surface area contributed by atoms with Gasteiger partial charge in [0.1, 0.15) is 5.82 Å². The first-order valence-corrected chi connectivity index (χ1v) is 11.0. The molecule has 7 heteroatoms. The summed E-state index contributed by atoms with van der Waals surface area (Å²) in [6.45, 7) is 1.52. The lowest BCUT2D eigenvalue weighted by Crippen LogP contribution is -2.28. The number of carbonyl (C=O) groups excluding carboxylic acids is 1. The second kappa shape index (κ2) is 7.64. The van der Waals surface area contributed by atoms with Crippen LogP contribution in [0.1, 0.15) is 36.3 Å². The van der Waals surface area contributed by atoms with Gasteiger partial charge in [0.15, 0.2) is 0 Å². The molecule has 0 aromatic heterocycles. The number of nitrogens with zero attached hydrogens (tertiary/aromatic N) is 1. The highest BCUT2D eigenvalue weighted by molar-refractivity contribution is 7.89. The Morgan fingerprint density at radius 2 is 1.68 bits per heavy atom. The standard InChI is InChI=1S/C21H23FN2O3S/c22-17-7-5-16(6-8-17)19-13-20(19)21(25)23-14-15-3-9-18(10-4-15)28(26,27)24-11-1-2-12-24/h3-10,19-20H,1-2,11-14H2,(H,23,25). The van der Waals surface area contributed by atoms with Crippen molar-refractivity contribution in [1.82, 2.24) is 9.62 Å². The largest absolute Gasteiger partial charge is 0.352 e. The Morgan fingerprint density at radius 1 is 1.04 bits per heavy atom. The molecule has 2 atom stereocenters. The number of sulfonamides is 1. The molecule has 148 valence electrons. The normalized spacial score (nSPS) is 22.2. The van der Waals surface area contributed by atoms with Crippen molar-refractivity contribution in [2.24, 2.45) is 5.92 Å². The van der Waals surface area contributed by atoms with Crippen LogP contribution in [0.5, 0.6) is 0 Å². The molecule has 1 aliphatic carbocycles. The summed E-state index contributed by atoms with van der Waals surface area (Å²) >= 11 is 0. The van der Waals surface area contributed by atoms with Crippen molar-refractivity contribution in [3.05, 3.63) is 65.5 Å². The molecule has 2 fully saturated rings. The van der Waals surface area contributed by atoms with E-state index in [1.807, 2.05) is 0 Å². The maximum Gasteiger partial charge on any atom is 0.243 e. The van der Waals surface area contributed by atoms with Crippen LogP contribution in [0.25, 0.3) is 0 Å². The molecule has 5 nitrogen and oxygen atoms in total. The third-order valence-corrected chi connectivity index (χ3v) is 7.43. The molecule has 2 unspecified atom stereocenters. The van der Waals surface area contributed by atoms with Crippen molar-refractivity contribution in [3.63, 3.8) is 0 Å². The van der Waals surface area contributed by atoms with E-state index in [2.05, 4.69) is 5.32 Å². The van der Waals surface area contributed by atoms with Crippen molar-refractivity contribution in [3.8, 4) is 0 Å². The lowest BCUT2D eigenvalue weighted by Gasteiger charge is -2.15. The zero-order valence-corrected chi connectivity index (χ0v) is 16.3. The third-order valence-electron chi connectivity index (χ3n) is 5.52. The van der Waals surface area contributed by atoms with Crippen molar-refractivity contribution < 1.29 is 17.6 Å². The van der Waals surface area contributed by atoms with Crippen LogP contribution in [0.15, 0.2) is 53.4 Å². The third kappa shape index (κ3) is 3.95. The first-order valence-electron chi connectivity index (χ1n) is 9.57. The summed E-state index contributed by atoms with van der Waals surface area (Å²) in [6, 6.07) is 13.0. The van der Waals surface area contributed by atoms with Crippen LogP contribution in [-0.4, -0.2) is 31.7 Å². The van der Waals surface area contributed by atoms with Crippen LogP contribution < -0.4 is 5.32 Å². The highest BCUT2D eigenvalue weighted by Crippen LogP contribution is 2.47. The van der Waals surface area contributed by atoms with E-state index >= 15 is 0 Å². The number of nitrogens with one attached hydrogen (secondary N) is 1. The molecule has 1 saturated carbocycles. The van der Waals surface area contributed by atoms with Gasteiger partial charge in [0.05, 0.1) is 4.90 Å². The molecule has 1 amide bonds. The van der Waals surface area contributed by atoms with Crippen LogP contribution in [-0.2, 0) is 21.4 Å². The lowest BCUT2D eigenvalue weighted by atomic mass is 10.1. The van der Waals surface area contributed by atoms with E-state index in [0.29, 0.717) is 24.5 Å². The van der Waals surface area contributed by atoms with Crippen molar-refractivity contribution in [2.75, 3.05) is 13.1 Å². The first kappa shape index (κ1) is 19.1. The van der Waals surface area contributed by atoms with E-state index in [9.17, 15) is 17.6 Å². The van der Waals surface area contributed by atoms with E-state index in [1.165, 1.54) is 16.4 Å². The molecule has 1 saturated heterocycles. The van der Waals surface area contributed by atoms with Crippen LogP contribution in [0, 0.1) is 11.7 Å². The Kier molecular flexibility index (Phi) is 5.21. The van der Waals surface area contributed by atoms with E-state index in [4.69, 9.17) is 0 Å². The summed E-state index contributed by atoms with van der Waals surface area (Å²) in [5.74, 6) is -0.238. The molecule has 2 aromatic carbocycles. The molecular formula is C21H23FN2O3S. The van der Waals surface area contributed by atoms with Crippen LogP contribution >= 0.6 is 0 Å². The van der Waals surface area contributed by atoms with Gasteiger partial charge in [-0.15, -0.1) is 0 Å². The van der Waals surface area contributed by atoms with Crippen LogP contribution in [0.4, 0.5) is 4.39 Å². The van der Waals surface area contributed by atoms with Crippen molar-refractivity contribution >= 4 is 15.9 Å². The number of hydrogen-bond donors (Lipinski definition) is 1. The van der Waals surface area contributed by atoms with Gasteiger partial charge >= 0.3 is 0 Å². The molecular weight excluding hydrogens is 379 g/mol. The predicted molar refractivity (Wildman–Crippen MR) is 104 cm³/mol. The molecule has 1 heterocycles. The second-order valence-corrected chi connectivity index (χ2v) is 9.41. The van der Waals surface area contributed by atoms with Gasteiger partial charge in [-0.25, -0.2) is 12.8 Å². The predicted octanol–water partition coefficient (Wildman–Crippen LogP) is 3.03. The highest BCUT2D eigenvalue weighted by atomic mass is 32.2. The summed E-state index contributed by atoms with van der Waals surface area (Å²) < 4.78 is 39.6. The van der Waals surface area contributed by atoms with E-state index in [-0.39, 0.29) is 23.6 Å². The zero-order chi connectivity index (χ0) is 19.7. The maximum absolute atomic E-state index is 13.0. The highest BCUT2D eigenvalue weighted by Gasteiger charge is 2.43. The van der Waals surface area contributed by atoms with E-state index in [1.54, 1.807) is 36.4 Å². The molecule has 1 N–H and O–H groups in total. The minimum Gasteiger partial charge on any atom is -0.352 e. The quantitative estimate of drug-likeness (QED) is 0.808. The van der Waals surface area contributed by atoms with Gasteiger partial charge in [-0.05, 0) is 60.6 Å². The monoisotopic (exact) mass is 402 g/mol. The Labute approximate surface area is 164 Å². The summed E-state index contributed by atoms with van der Waals surface area (Å²) in [7, 11) is -3.41. The van der Waals surface area contributed by atoms with Gasteiger partial charge in [-0.3, -0.25) is 4.79 Å². The molecule has 4 rings (SSSR count). The number of amides is 1. The van der Waals surface area contributed by atoms with Gasteiger partial charge < -0.3 is 5.32 Å². The number of hydrogen-bond acceptors (Lipinski definition) is 3. The average Bonchev–Trinajstić information content (AvgIpc) is 3.29. The molecule has 2 aliphatic rings. The molecule has 0 spiro atoms. The lowest BCUT2D eigenvalue weighted by molar-refractivity contribution is -0.122. The topological polar surface area (TPSA) is 66.5 Å². The number of carbonyl (C=O) groups is 1. The summed E-state index contributed by atoms with van der Waals surface area (Å²) in [4.78, 5) is 12.6. The Hall–Kier alpha value is -2.25. The minimum atomic E-state index is -3.41. The van der Waals surface area contributed by atoms with Crippen molar-refractivity contribution in [1.29, 1.82) is 0 Å². The van der Waals surface area contributed by atoms with Crippen LogP contribution in [0.3, 0.4) is 0 Å². The molecule has 2 aromatic rings. The fourth-order valence-corrected chi connectivity index (χ4v) is 5.26. The minimum absolute atomic E-state index is 0.0249. The SMILES string of the molecule is O=C(NCc1ccc(S(=O)(=O)N2CCCC2)cc1)C1CC1c1ccc(F)cc1. The number of benzene rings is 2. The summed E-state index contributed by atoms with van der Waals surface area (Å²) in [6.07, 6.45) is 2.58. The van der Waals surface area contributed by atoms with Crippen molar-refractivity contribution in [2.45, 2.75) is 36.6 Å². The average molecular weight is 402 g/mol. The van der Waals surface area contributed by atoms with Gasteiger partial charge in [0.25, 0.3) is 0 Å². The van der Waals surface area contributed by atoms with Gasteiger partial charge in [0, 0.05) is 25.6 Å². The first-order chi connectivity index (χ1) is 13.4. The van der Waals surface area contributed by atoms with Gasteiger partial charge in [0.2, 0.25) is 15.9 Å². The second-order valence-electron chi connectivity index (χ2n) is 7.47. The number of halogens is 1. The van der Waals surface area contributed by atoms with E-state index < -0.39 is 10.0 Å². The number of rotatable bonds is 6. The molecule has 1 aliphatic heterocycles. The Balaban J connectivity index is 1.32. The van der Waals surface area contributed by atoms with E-state index in [0.717, 1.165) is 30.4 Å². The zero-order valence-electron chi connectivity index (χ0n) is 15.5. The van der Waals surface area contributed by atoms with Gasteiger partial charge in [-0.2, -0.15) is 4.31 Å². The maximum atomic E-state index is 13.0. The van der Waals surface area contributed by atoms with Gasteiger partial charge in [-0.1, -0.05) is 24.3 Å². The smallest absolute Gasteiger partial charge is 0.243 e. The fraction of sp³-hybridized carbons (Fsp3) is 0.381. The Morgan fingerprint density at radius 3 is 2.32 bits per heavy atom. The molecule has 0 radical (unpaired) electrons. The fourth-order valence-electron chi connectivity index (χ4n) is 3.74. The Bertz CT molecular complexity index is 952. The summed E-state index contributed by atoms with van der Waals surface area (Å²) in [5, 5.41) is 2.91. The summed E-state index contributed by atoms with van der Waals surface area (Å²) in [5.41, 5.74) is 1.84. The molecule has 0 bridgehead atoms. The molecule has 28 heavy (non-hydrogen) atoms. The van der Waals surface area contributed by atoms with Crippen LogP contribution in [0.2, 0.25) is 0 Å².